The van der Waals surface area contributed by atoms with Crippen LogP contribution >= 0.6 is 0 Å². The molecule has 4 aromatic rings. The van der Waals surface area contributed by atoms with E-state index >= 15 is 0 Å². The second-order valence-corrected chi connectivity index (χ2v) is 5.58. The number of phenols is 1. The van der Waals surface area contributed by atoms with Crippen molar-refractivity contribution in [1.29, 1.82) is 0 Å². The monoisotopic (exact) mass is 314 g/mol. The molecule has 0 spiro atoms. The molecular weight excluding hydrogens is 300 g/mol. The molecule has 2 aromatic carbocycles. The highest BCUT2D eigenvalue weighted by Gasteiger charge is 2.08. The number of aromatic nitrogens is 4. The zero-order valence-electron chi connectivity index (χ0n) is 13.0. The Labute approximate surface area is 138 Å². The van der Waals surface area contributed by atoms with E-state index in [1.807, 2.05) is 49.4 Å². The molecule has 24 heavy (non-hydrogen) atoms. The van der Waals surface area contributed by atoms with Crippen LogP contribution in [0.15, 0.2) is 60.8 Å². The van der Waals surface area contributed by atoms with E-state index in [0.717, 1.165) is 10.9 Å². The van der Waals surface area contributed by atoms with E-state index in [-0.39, 0.29) is 5.75 Å². The van der Waals surface area contributed by atoms with Gasteiger partial charge < -0.3 is 5.11 Å². The quantitative estimate of drug-likeness (QED) is 0.610. The first-order valence-corrected chi connectivity index (χ1v) is 7.56. The van der Waals surface area contributed by atoms with E-state index < -0.39 is 0 Å². The van der Waals surface area contributed by atoms with Crippen LogP contribution in [0, 0.1) is 6.92 Å². The summed E-state index contributed by atoms with van der Waals surface area (Å²) in [5, 5.41) is 19.2. The van der Waals surface area contributed by atoms with E-state index in [4.69, 9.17) is 0 Å². The Morgan fingerprint density at radius 3 is 2.42 bits per heavy atom. The summed E-state index contributed by atoms with van der Waals surface area (Å²) in [7, 11) is 0. The van der Waals surface area contributed by atoms with Gasteiger partial charge in [-0.25, -0.2) is 9.97 Å². The number of hydrogen-bond donors (Lipinski definition) is 1. The van der Waals surface area contributed by atoms with Gasteiger partial charge in [-0.05, 0) is 19.1 Å². The lowest BCUT2D eigenvalue weighted by molar-refractivity contribution is 0.480. The van der Waals surface area contributed by atoms with Gasteiger partial charge in [0.2, 0.25) is 0 Å². The summed E-state index contributed by atoms with van der Waals surface area (Å²) in [5.41, 5.74) is 3.98. The fraction of sp³-hybridized carbons (Fsp3) is 0.0526. The molecular formula is C19H14N4O. The molecule has 0 unspecified atom stereocenters. The summed E-state index contributed by atoms with van der Waals surface area (Å²) < 4.78 is 0. The minimum atomic E-state index is 0.138. The van der Waals surface area contributed by atoms with Crippen molar-refractivity contribution in [3.63, 3.8) is 0 Å². The number of nitrogens with zero attached hydrogens (tertiary/aromatic N) is 4. The third-order valence-corrected chi connectivity index (χ3v) is 3.84. The van der Waals surface area contributed by atoms with Crippen LogP contribution in [0.3, 0.4) is 0 Å². The molecule has 0 aliphatic rings. The predicted octanol–water partition coefficient (Wildman–Crippen LogP) is 3.77. The van der Waals surface area contributed by atoms with E-state index in [1.165, 1.54) is 5.56 Å². The van der Waals surface area contributed by atoms with Crippen molar-refractivity contribution in [2.75, 3.05) is 0 Å². The fourth-order valence-corrected chi connectivity index (χ4v) is 2.51. The van der Waals surface area contributed by atoms with Crippen molar-refractivity contribution in [1.82, 2.24) is 20.2 Å². The first-order valence-electron chi connectivity index (χ1n) is 7.56. The number of phenolic OH excluding ortho intramolecular Hbond substituents is 1. The van der Waals surface area contributed by atoms with Crippen LogP contribution in [0.25, 0.3) is 33.7 Å². The highest BCUT2D eigenvalue weighted by atomic mass is 16.3. The van der Waals surface area contributed by atoms with Crippen LogP contribution in [-0.4, -0.2) is 25.3 Å². The van der Waals surface area contributed by atoms with E-state index in [2.05, 4.69) is 20.2 Å². The lowest BCUT2D eigenvalue weighted by Crippen LogP contribution is -1.96. The van der Waals surface area contributed by atoms with Crippen LogP contribution in [0.1, 0.15) is 5.56 Å². The van der Waals surface area contributed by atoms with Crippen molar-refractivity contribution < 1.29 is 5.11 Å². The highest BCUT2D eigenvalue weighted by molar-refractivity contribution is 5.85. The van der Waals surface area contributed by atoms with Crippen molar-refractivity contribution in [3.8, 4) is 28.5 Å². The molecule has 0 bridgehead atoms. The van der Waals surface area contributed by atoms with Gasteiger partial charge >= 0.3 is 0 Å². The number of aromatic hydroxyl groups is 1. The molecule has 5 nitrogen and oxygen atoms in total. The second kappa shape index (κ2) is 5.70. The van der Waals surface area contributed by atoms with Crippen LogP contribution < -0.4 is 0 Å². The summed E-state index contributed by atoms with van der Waals surface area (Å²) in [6.45, 7) is 2.04. The molecule has 116 valence electrons. The Balaban J connectivity index is 1.72. The molecule has 4 rings (SSSR count). The SMILES string of the molecule is Cc1ccc(-c2cnc(-c3ccc4cccc(O)c4n3)nn2)cc1. The van der Waals surface area contributed by atoms with Gasteiger partial charge in [0, 0.05) is 10.9 Å². The zero-order chi connectivity index (χ0) is 16.5. The largest absolute Gasteiger partial charge is 0.506 e. The van der Waals surface area contributed by atoms with Crippen LogP contribution in [0.5, 0.6) is 5.75 Å². The van der Waals surface area contributed by atoms with Crippen molar-refractivity contribution >= 4 is 10.9 Å². The third kappa shape index (κ3) is 2.56. The van der Waals surface area contributed by atoms with Crippen molar-refractivity contribution in [2.24, 2.45) is 0 Å². The molecule has 0 saturated heterocycles. The first-order chi connectivity index (χ1) is 11.7. The third-order valence-electron chi connectivity index (χ3n) is 3.84. The zero-order valence-corrected chi connectivity index (χ0v) is 13.0. The lowest BCUT2D eigenvalue weighted by atomic mass is 10.1. The summed E-state index contributed by atoms with van der Waals surface area (Å²) >= 11 is 0. The normalized spacial score (nSPS) is 10.9. The Morgan fingerprint density at radius 2 is 1.67 bits per heavy atom. The van der Waals surface area contributed by atoms with Crippen LogP contribution in [0.4, 0.5) is 0 Å². The van der Waals surface area contributed by atoms with Gasteiger partial charge in [-0.1, -0.05) is 48.0 Å². The molecule has 0 amide bonds. The second-order valence-electron chi connectivity index (χ2n) is 5.58. The first kappa shape index (κ1) is 14.3. The summed E-state index contributed by atoms with van der Waals surface area (Å²) in [4.78, 5) is 8.81. The Morgan fingerprint density at radius 1 is 0.833 bits per heavy atom. The summed E-state index contributed by atoms with van der Waals surface area (Å²) in [6, 6.07) is 17.0. The molecule has 0 aliphatic heterocycles. The number of benzene rings is 2. The number of hydrogen-bond acceptors (Lipinski definition) is 5. The number of fused-ring (bicyclic) bond motifs is 1. The van der Waals surface area contributed by atoms with Gasteiger partial charge in [0.25, 0.3) is 0 Å². The average Bonchev–Trinajstić information content (AvgIpc) is 2.63. The minimum Gasteiger partial charge on any atom is -0.506 e. The van der Waals surface area contributed by atoms with Gasteiger partial charge in [-0.3, -0.25) is 0 Å². The molecule has 0 saturated carbocycles. The Kier molecular flexibility index (Phi) is 3.39. The maximum Gasteiger partial charge on any atom is 0.200 e. The number of aryl methyl sites for hydroxylation is 1. The van der Waals surface area contributed by atoms with E-state index in [0.29, 0.717) is 22.7 Å². The van der Waals surface area contributed by atoms with Crippen LogP contribution in [0.2, 0.25) is 0 Å². The van der Waals surface area contributed by atoms with Crippen LogP contribution in [-0.2, 0) is 0 Å². The summed E-state index contributed by atoms with van der Waals surface area (Å²) in [5.74, 6) is 0.564. The average molecular weight is 314 g/mol. The molecule has 0 atom stereocenters. The smallest absolute Gasteiger partial charge is 0.200 e. The molecule has 1 N–H and O–H groups in total. The number of pyridine rings is 1. The van der Waals surface area contributed by atoms with E-state index in [9.17, 15) is 5.11 Å². The fourth-order valence-electron chi connectivity index (χ4n) is 2.51. The van der Waals surface area contributed by atoms with Gasteiger partial charge in [0.15, 0.2) is 5.82 Å². The molecule has 0 radical (unpaired) electrons. The minimum absolute atomic E-state index is 0.138. The van der Waals surface area contributed by atoms with E-state index in [1.54, 1.807) is 18.3 Å². The van der Waals surface area contributed by atoms with Crippen molar-refractivity contribution in [2.45, 2.75) is 6.92 Å². The Bertz CT molecular complexity index is 1010. The number of para-hydroxylation sites is 1. The molecule has 0 aliphatic carbocycles. The van der Waals surface area contributed by atoms with Gasteiger partial charge in [0.1, 0.15) is 22.7 Å². The molecule has 5 heteroatoms. The summed E-state index contributed by atoms with van der Waals surface area (Å²) in [6.07, 6.45) is 1.68. The topological polar surface area (TPSA) is 71.8 Å². The predicted molar refractivity (Wildman–Crippen MR) is 92.4 cm³/mol. The van der Waals surface area contributed by atoms with Gasteiger partial charge in [-0.15, -0.1) is 10.2 Å². The molecule has 2 heterocycles. The maximum absolute atomic E-state index is 9.94. The number of rotatable bonds is 2. The molecule has 0 fully saturated rings. The van der Waals surface area contributed by atoms with Gasteiger partial charge in [-0.2, -0.15) is 0 Å². The highest BCUT2D eigenvalue weighted by Crippen LogP contribution is 2.25. The Hall–Kier alpha value is -3.34. The van der Waals surface area contributed by atoms with Crippen molar-refractivity contribution in [3.05, 3.63) is 66.4 Å². The standard InChI is InChI=1S/C19H14N4O/c1-12-5-7-13(8-6-12)16-11-20-19(23-22-16)15-10-9-14-3-2-4-17(24)18(14)21-15/h2-11,24H,1H3. The lowest BCUT2D eigenvalue weighted by Gasteiger charge is -2.04. The van der Waals surface area contributed by atoms with Gasteiger partial charge in [0.05, 0.1) is 6.20 Å². The molecule has 2 aromatic heterocycles. The maximum atomic E-state index is 9.94.